The first-order chi connectivity index (χ1) is 32.3. The third kappa shape index (κ3) is 5.67. The van der Waals surface area contributed by atoms with Crippen molar-refractivity contribution in [1.29, 1.82) is 0 Å². The first-order valence-electron chi connectivity index (χ1n) is 22.5. The number of aromatic nitrogens is 1. The van der Waals surface area contributed by atoms with Crippen LogP contribution in [0.2, 0.25) is 0 Å². The summed E-state index contributed by atoms with van der Waals surface area (Å²) < 4.78 is 2.47. The van der Waals surface area contributed by atoms with Crippen molar-refractivity contribution < 1.29 is 0 Å². The second-order valence-corrected chi connectivity index (χ2v) is 17.2. The number of hydrogen-bond acceptors (Lipinski definition) is 1. The van der Waals surface area contributed by atoms with Crippen molar-refractivity contribution in [2.75, 3.05) is 4.90 Å². The molecule has 2 heteroatoms. The highest BCUT2D eigenvalue weighted by molar-refractivity contribution is 6.19. The Bertz CT molecular complexity index is 3770. The van der Waals surface area contributed by atoms with Crippen LogP contribution >= 0.6 is 0 Å². The predicted molar refractivity (Wildman–Crippen MR) is 273 cm³/mol. The lowest BCUT2D eigenvalue weighted by atomic mass is 9.66. The van der Waals surface area contributed by atoms with E-state index in [1.807, 2.05) is 0 Å². The van der Waals surface area contributed by atoms with Gasteiger partial charge in [-0.1, -0.05) is 206 Å². The third-order valence-electron chi connectivity index (χ3n) is 13.8. The molecular formula is C63H42N2. The van der Waals surface area contributed by atoms with Crippen molar-refractivity contribution in [3.8, 4) is 27.9 Å². The molecule has 1 aliphatic rings. The van der Waals surface area contributed by atoms with Gasteiger partial charge >= 0.3 is 0 Å². The molecule has 0 radical (unpaired) electrons. The van der Waals surface area contributed by atoms with E-state index in [9.17, 15) is 0 Å². The Morgan fingerprint density at radius 1 is 0.323 bits per heavy atom. The molecule has 1 heterocycles. The highest BCUT2D eigenvalue weighted by Gasteiger charge is 2.47. The average Bonchev–Trinajstić information content (AvgIpc) is 3.87. The molecule has 0 fully saturated rings. The van der Waals surface area contributed by atoms with Gasteiger partial charge in [0.05, 0.1) is 16.4 Å². The smallest absolute Gasteiger partial charge is 0.0720 e. The summed E-state index contributed by atoms with van der Waals surface area (Å²) >= 11 is 0. The SMILES string of the molecule is c1ccc(-c2ccccc2C2(c3ccccc3)c3ccccc3-c3ccc(N(c4ccc5ccccc5c4)c4ccc5c6ccc7ccccc7c6n(-c6ccccc6)c5c4)cc32)cc1. The molecule has 0 saturated carbocycles. The van der Waals surface area contributed by atoms with Crippen LogP contribution in [0, 0.1) is 0 Å². The Labute approximate surface area is 378 Å². The van der Waals surface area contributed by atoms with Crippen molar-refractivity contribution in [3.05, 3.63) is 277 Å². The molecule has 12 aromatic rings. The molecule has 1 aromatic heterocycles. The summed E-state index contributed by atoms with van der Waals surface area (Å²) in [6.07, 6.45) is 0. The zero-order valence-corrected chi connectivity index (χ0v) is 35.6. The summed E-state index contributed by atoms with van der Waals surface area (Å²) in [6.45, 7) is 0. The zero-order chi connectivity index (χ0) is 42.9. The van der Waals surface area contributed by atoms with E-state index in [2.05, 4.69) is 264 Å². The molecular weight excluding hydrogens is 785 g/mol. The molecule has 0 spiro atoms. The third-order valence-corrected chi connectivity index (χ3v) is 13.8. The minimum absolute atomic E-state index is 0.616. The molecule has 304 valence electrons. The minimum atomic E-state index is -0.616. The van der Waals surface area contributed by atoms with Gasteiger partial charge in [-0.2, -0.15) is 0 Å². The predicted octanol–water partition coefficient (Wildman–Crippen LogP) is 16.6. The van der Waals surface area contributed by atoms with Gasteiger partial charge in [0.25, 0.3) is 0 Å². The Kier molecular flexibility index (Phi) is 8.47. The number of anilines is 3. The van der Waals surface area contributed by atoms with Crippen LogP contribution in [0.5, 0.6) is 0 Å². The van der Waals surface area contributed by atoms with Gasteiger partial charge in [0.1, 0.15) is 0 Å². The van der Waals surface area contributed by atoms with Gasteiger partial charge in [-0.3, -0.25) is 0 Å². The van der Waals surface area contributed by atoms with E-state index in [0.717, 1.165) is 28.3 Å². The van der Waals surface area contributed by atoms with Crippen LogP contribution in [0.15, 0.2) is 255 Å². The first-order valence-corrected chi connectivity index (χ1v) is 22.5. The maximum atomic E-state index is 2.49. The van der Waals surface area contributed by atoms with Crippen LogP contribution < -0.4 is 4.90 Å². The van der Waals surface area contributed by atoms with Gasteiger partial charge in [0, 0.05) is 38.9 Å². The molecule has 11 aromatic carbocycles. The Morgan fingerprint density at radius 2 is 0.862 bits per heavy atom. The van der Waals surface area contributed by atoms with E-state index in [1.54, 1.807) is 0 Å². The van der Waals surface area contributed by atoms with Crippen molar-refractivity contribution in [1.82, 2.24) is 4.57 Å². The summed E-state index contributed by atoms with van der Waals surface area (Å²) in [5, 5.41) is 7.35. The average molecular weight is 827 g/mol. The summed E-state index contributed by atoms with van der Waals surface area (Å²) in [4.78, 5) is 2.47. The standard InChI is InChI=1S/C63H42N2/c1-4-19-44(20-5-1)52-27-14-16-30-58(52)63(47-23-6-2-7-24-47)59-31-17-15-29-54(59)55-38-35-50(41-60(55)63)64(49-34-32-43-18-10-11-22-46(43)40-49)51-36-39-56-57-37-33-45-21-12-13-28-53(45)62(57)65(61(56)42-51)48-25-8-3-9-26-48/h1-42H. The van der Waals surface area contributed by atoms with Gasteiger partial charge in [0.2, 0.25) is 0 Å². The van der Waals surface area contributed by atoms with Crippen LogP contribution in [0.3, 0.4) is 0 Å². The fourth-order valence-electron chi connectivity index (χ4n) is 11.0. The summed E-state index contributed by atoms with van der Waals surface area (Å²) in [6, 6.07) is 94.1. The fourth-order valence-corrected chi connectivity index (χ4v) is 11.0. The van der Waals surface area contributed by atoms with E-state index < -0.39 is 5.41 Å². The van der Waals surface area contributed by atoms with Crippen LogP contribution in [0.25, 0.3) is 71.3 Å². The monoisotopic (exact) mass is 826 g/mol. The van der Waals surface area contributed by atoms with Crippen LogP contribution in [-0.4, -0.2) is 4.57 Å². The normalized spacial score (nSPS) is 14.2. The van der Waals surface area contributed by atoms with Crippen molar-refractivity contribution in [2.24, 2.45) is 0 Å². The number of rotatable bonds is 7. The van der Waals surface area contributed by atoms with Gasteiger partial charge in [-0.15, -0.1) is 0 Å². The number of benzene rings is 11. The molecule has 1 unspecified atom stereocenters. The molecule has 0 bridgehead atoms. The summed E-state index contributed by atoms with van der Waals surface area (Å²) in [5.41, 5.74) is 16.2. The molecule has 1 aliphatic carbocycles. The van der Waals surface area contributed by atoms with Crippen molar-refractivity contribution >= 4 is 60.4 Å². The van der Waals surface area contributed by atoms with E-state index in [0.29, 0.717) is 0 Å². The van der Waals surface area contributed by atoms with E-state index in [-0.39, 0.29) is 0 Å². The van der Waals surface area contributed by atoms with Crippen LogP contribution in [-0.2, 0) is 5.41 Å². The Morgan fingerprint density at radius 3 is 1.66 bits per heavy atom. The second kappa shape index (κ2) is 14.8. The van der Waals surface area contributed by atoms with Gasteiger partial charge in [0.15, 0.2) is 0 Å². The maximum absolute atomic E-state index is 2.49. The number of para-hydroxylation sites is 1. The molecule has 2 nitrogen and oxygen atoms in total. The number of fused-ring (bicyclic) bond motifs is 9. The lowest BCUT2D eigenvalue weighted by Crippen LogP contribution is -2.29. The van der Waals surface area contributed by atoms with Gasteiger partial charge in [-0.25, -0.2) is 0 Å². The maximum Gasteiger partial charge on any atom is 0.0720 e. The Hall–Kier alpha value is -8.46. The van der Waals surface area contributed by atoms with Gasteiger partial charge < -0.3 is 9.47 Å². The molecule has 0 N–H and O–H groups in total. The minimum Gasteiger partial charge on any atom is -0.310 e. The highest BCUT2D eigenvalue weighted by Crippen LogP contribution is 2.59. The zero-order valence-electron chi connectivity index (χ0n) is 35.6. The molecule has 0 amide bonds. The fraction of sp³-hybridized carbons (Fsp3) is 0.0159. The summed E-state index contributed by atoms with van der Waals surface area (Å²) in [5.74, 6) is 0. The molecule has 0 aliphatic heterocycles. The molecule has 13 rings (SSSR count). The largest absolute Gasteiger partial charge is 0.310 e. The lowest BCUT2D eigenvalue weighted by Gasteiger charge is -2.36. The first kappa shape index (κ1) is 37.1. The lowest BCUT2D eigenvalue weighted by molar-refractivity contribution is 0.770. The van der Waals surface area contributed by atoms with E-state index in [1.165, 1.54) is 82.3 Å². The number of nitrogens with zero attached hydrogens (tertiary/aromatic N) is 2. The van der Waals surface area contributed by atoms with Gasteiger partial charge in [-0.05, 0) is 109 Å². The summed E-state index contributed by atoms with van der Waals surface area (Å²) in [7, 11) is 0. The van der Waals surface area contributed by atoms with E-state index >= 15 is 0 Å². The van der Waals surface area contributed by atoms with Crippen LogP contribution in [0.1, 0.15) is 22.3 Å². The second-order valence-electron chi connectivity index (χ2n) is 17.2. The highest BCUT2D eigenvalue weighted by atomic mass is 15.1. The molecule has 1 atom stereocenters. The van der Waals surface area contributed by atoms with Crippen molar-refractivity contribution in [2.45, 2.75) is 5.41 Å². The topological polar surface area (TPSA) is 8.17 Å². The van der Waals surface area contributed by atoms with E-state index in [4.69, 9.17) is 0 Å². The Balaban J connectivity index is 1.11. The molecule has 65 heavy (non-hydrogen) atoms. The van der Waals surface area contributed by atoms with Crippen molar-refractivity contribution in [3.63, 3.8) is 0 Å². The number of hydrogen-bond donors (Lipinski definition) is 0. The van der Waals surface area contributed by atoms with Crippen LogP contribution in [0.4, 0.5) is 17.1 Å². The quantitative estimate of drug-likeness (QED) is 0.155. The molecule has 0 saturated heterocycles.